The lowest BCUT2D eigenvalue weighted by Gasteiger charge is -2.03. The molecule has 2 heterocycles. The molecule has 0 bridgehead atoms. The monoisotopic (exact) mass is 387 g/mol. The van der Waals surface area contributed by atoms with Gasteiger partial charge in [0, 0.05) is 12.6 Å². The number of hydrogen-bond acceptors (Lipinski definition) is 4. The Balaban J connectivity index is 0.00000200. The number of halogens is 1. The second-order valence-corrected chi connectivity index (χ2v) is 4.01. The second-order valence-electron chi connectivity index (χ2n) is 4.01. The maximum Gasteiger partial charge on any atom is 0.194 e. The number of aliphatic imine (C=N–C) groups is 1. The maximum absolute atomic E-state index is 5.78. The van der Waals surface area contributed by atoms with Gasteiger partial charge in [0.1, 0.15) is 18.1 Å². The molecule has 2 aromatic heterocycles. The molecule has 7 heteroatoms. The smallest absolute Gasteiger partial charge is 0.194 e. The van der Waals surface area contributed by atoms with Crippen LogP contribution >= 0.6 is 24.0 Å². The van der Waals surface area contributed by atoms with Gasteiger partial charge in [0.25, 0.3) is 0 Å². The number of guanidine groups is 1. The molecule has 108 valence electrons. The van der Waals surface area contributed by atoms with Crippen molar-refractivity contribution >= 4 is 35.8 Å². The summed E-state index contributed by atoms with van der Waals surface area (Å²) in [6.45, 7) is 4.26. The predicted octanol–water partition coefficient (Wildman–Crippen LogP) is 2.49. The minimum absolute atomic E-state index is 0. The highest BCUT2D eigenvalue weighted by Crippen LogP contribution is 2.11. The van der Waals surface area contributed by atoms with Gasteiger partial charge in [-0.1, -0.05) is 13.0 Å². The van der Waals surface area contributed by atoms with Crippen LogP contribution in [-0.4, -0.2) is 15.9 Å². The van der Waals surface area contributed by atoms with Crippen LogP contribution in [0.5, 0.6) is 0 Å². The number of rotatable bonds is 4. The van der Waals surface area contributed by atoms with Gasteiger partial charge in [0.15, 0.2) is 11.9 Å². The highest BCUT2D eigenvalue weighted by atomic mass is 127. The van der Waals surface area contributed by atoms with E-state index in [-0.39, 0.29) is 24.0 Å². The van der Waals surface area contributed by atoms with Gasteiger partial charge in [-0.05, 0) is 19.1 Å². The molecule has 2 rings (SSSR count). The number of nitrogens with two attached hydrogens (primary N) is 1. The van der Waals surface area contributed by atoms with E-state index in [1.165, 1.54) is 0 Å². The Hall–Kier alpha value is -1.64. The first-order valence-electron chi connectivity index (χ1n) is 6.12. The molecule has 0 aliphatic heterocycles. The third kappa shape index (κ3) is 4.48. The summed E-state index contributed by atoms with van der Waals surface area (Å²) < 4.78 is 5.55. The van der Waals surface area contributed by atoms with Crippen molar-refractivity contribution in [1.29, 1.82) is 0 Å². The molecule has 2 aromatic rings. The van der Waals surface area contributed by atoms with Gasteiger partial charge in [-0.15, -0.1) is 24.0 Å². The molecule has 0 spiro atoms. The molecule has 0 fully saturated rings. The molecule has 0 saturated heterocycles. The largest absolute Gasteiger partial charge is 0.443 e. The van der Waals surface area contributed by atoms with Crippen LogP contribution in [-0.2, 0) is 13.0 Å². The normalized spacial score (nSPS) is 11.0. The molecule has 0 atom stereocenters. The number of oxazole rings is 1. The predicted molar refractivity (Wildman–Crippen MR) is 89.2 cm³/mol. The molecule has 20 heavy (non-hydrogen) atoms. The zero-order chi connectivity index (χ0) is 13.7. The van der Waals surface area contributed by atoms with E-state index in [0.717, 1.165) is 23.8 Å². The third-order valence-electron chi connectivity index (χ3n) is 2.55. The summed E-state index contributed by atoms with van der Waals surface area (Å²) in [7, 11) is 0. The van der Waals surface area contributed by atoms with Crippen molar-refractivity contribution in [2.75, 3.05) is 5.32 Å². The van der Waals surface area contributed by atoms with Crippen LogP contribution in [0.1, 0.15) is 24.3 Å². The molecule has 6 nitrogen and oxygen atoms in total. The number of aryl methyl sites for hydroxylation is 2. The molecular weight excluding hydrogens is 369 g/mol. The molecule has 0 amide bonds. The zero-order valence-corrected chi connectivity index (χ0v) is 13.8. The van der Waals surface area contributed by atoms with Crippen molar-refractivity contribution in [1.82, 2.24) is 9.97 Å². The molecular formula is C13H18IN5O. The number of pyridine rings is 1. The van der Waals surface area contributed by atoms with Crippen molar-refractivity contribution in [3.63, 3.8) is 0 Å². The van der Waals surface area contributed by atoms with E-state index in [9.17, 15) is 0 Å². The highest BCUT2D eigenvalue weighted by molar-refractivity contribution is 14.0. The first kappa shape index (κ1) is 16.4. The second kappa shape index (κ2) is 7.83. The Morgan fingerprint density at radius 2 is 2.25 bits per heavy atom. The lowest BCUT2D eigenvalue weighted by atomic mass is 10.4. The first-order valence-corrected chi connectivity index (χ1v) is 6.12. The molecule has 3 N–H and O–H groups in total. The molecule has 0 aliphatic rings. The summed E-state index contributed by atoms with van der Waals surface area (Å²) in [4.78, 5) is 12.6. The minimum atomic E-state index is 0. The minimum Gasteiger partial charge on any atom is -0.443 e. The topological polar surface area (TPSA) is 89.3 Å². The van der Waals surface area contributed by atoms with E-state index in [1.807, 2.05) is 32.0 Å². The van der Waals surface area contributed by atoms with Crippen molar-refractivity contribution in [2.45, 2.75) is 26.8 Å². The maximum atomic E-state index is 5.78. The van der Waals surface area contributed by atoms with Gasteiger partial charge in [0.05, 0.1) is 5.69 Å². The van der Waals surface area contributed by atoms with Crippen LogP contribution in [0.4, 0.5) is 5.82 Å². The SMILES string of the molecule is CCc1nc(C)c(CN=C(N)Nc2ccccn2)o1.I. The standard InChI is InChI=1S/C13H17N5O.HI/c1-3-12-17-9(2)10(19-12)8-16-13(14)18-11-6-4-5-7-15-11;/h4-7H,3,8H2,1-2H3,(H3,14,15,16,18);1H. The fraction of sp³-hybridized carbons (Fsp3) is 0.308. The summed E-state index contributed by atoms with van der Waals surface area (Å²) in [5, 5.41) is 2.91. The summed E-state index contributed by atoms with van der Waals surface area (Å²) >= 11 is 0. The number of anilines is 1. The number of aromatic nitrogens is 2. The zero-order valence-electron chi connectivity index (χ0n) is 11.5. The fourth-order valence-corrected chi connectivity index (χ4v) is 1.55. The lowest BCUT2D eigenvalue weighted by molar-refractivity contribution is 0.461. The summed E-state index contributed by atoms with van der Waals surface area (Å²) in [6, 6.07) is 5.52. The number of nitrogens with zero attached hydrogens (tertiary/aromatic N) is 3. The van der Waals surface area contributed by atoms with Crippen molar-refractivity contribution < 1.29 is 4.42 Å². The summed E-state index contributed by atoms with van der Waals surface area (Å²) in [5.74, 6) is 2.42. The Morgan fingerprint density at radius 3 is 2.85 bits per heavy atom. The van der Waals surface area contributed by atoms with Gasteiger partial charge in [0.2, 0.25) is 0 Å². The Bertz CT molecular complexity index is 567. The van der Waals surface area contributed by atoms with Gasteiger partial charge in [-0.3, -0.25) is 0 Å². The van der Waals surface area contributed by atoms with E-state index in [4.69, 9.17) is 10.2 Å². The van der Waals surface area contributed by atoms with E-state index in [1.54, 1.807) is 6.20 Å². The molecule has 0 unspecified atom stereocenters. The van der Waals surface area contributed by atoms with Gasteiger partial charge in [-0.2, -0.15) is 0 Å². The Kier molecular flexibility index (Phi) is 6.43. The average Bonchev–Trinajstić information content (AvgIpc) is 2.78. The van der Waals surface area contributed by atoms with Crippen molar-refractivity contribution in [2.24, 2.45) is 10.7 Å². The van der Waals surface area contributed by atoms with Crippen LogP contribution in [0, 0.1) is 6.92 Å². The van der Waals surface area contributed by atoms with Crippen LogP contribution in [0.3, 0.4) is 0 Å². The average molecular weight is 387 g/mol. The lowest BCUT2D eigenvalue weighted by Crippen LogP contribution is -2.23. The van der Waals surface area contributed by atoms with Crippen molar-refractivity contribution in [3.05, 3.63) is 41.7 Å². The number of nitrogens with one attached hydrogen (secondary N) is 1. The van der Waals surface area contributed by atoms with E-state index in [0.29, 0.717) is 18.3 Å². The van der Waals surface area contributed by atoms with Gasteiger partial charge in [-0.25, -0.2) is 15.0 Å². The molecule has 0 saturated carbocycles. The molecule has 0 aromatic carbocycles. The van der Waals surface area contributed by atoms with Gasteiger partial charge >= 0.3 is 0 Å². The Labute approximate surface area is 134 Å². The van der Waals surface area contributed by atoms with Crippen LogP contribution in [0.25, 0.3) is 0 Å². The molecule has 0 aliphatic carbocycles. The van der Waals surface area contributed by atoms with Gasteiger partial charge < -0.3 is 15.5 Å². The van der Waals surface area contributed by atoms with E-state index in [2.05, 4.69) is 20.3 Å². The van der Waals surface area contributed by atoms with Crippen LogP contribution in [0.15, 0.2) is 33.8 Å². The van der Waals surface area contributed by atoms with E-state index >= 15 is 0 Å². The van der Waals surface area contributed by atoms with E-state index < -0.39 is 0 Å². The highest BCUT2D eigenvalue weighted by Gasteiger charge is 2.07. The third-order valence-corrected chi connectivity index (χ3v) is 2.55. The van der Waals surface area contributed by atoms with Crippen LogP contribution in [0.2, 0.25) is 0 Å². The quantitative estimate of drug-likeness (QED) is 0.478. The number of hydrogen-bond donors (Lipinski definition) is 2. The van der Waals surface area contributed by atoms with Crippen LogP contribution < -0.4 is 11.1 Å². The molecule has 0 radical (unpaired) electrons. The van der Waals surface area contributed by atoms with Crippen molar-refractivity contribution in [3.8, 4) is 0 Å². The summed E-state index contributed by atoms with van der Waals surface area (Å²) in [6.07, 6.45) is 2.45. The Morgan fingerprint density at radius 1 is 1.45 bits per heavy atom. The first-order chi connectivity index (χ1) is 9.19. The summed E-state index contributed by atoms with van der Waals surface area (Å²) in [5.41, 5.74) is 6.63. The fourth-order valence-electron chi connectivity index (χ4n) is 1.55.